The SMILES string of the molecule is COCCC(C)C(C)(C)C. The molecule has 1 nitrogen and oxygen atoms in total. The standard InChI is InChI=1S/C9H20O/c1-8(6-7-10-5)9(2,3)4/h8H,6-7H2,1-5H3. The summed E-state index contributed by atoms with van der Waals surface area (Å²) < 4.78 is 5.01. The molecule has 0 saturated carbocycles. The number of hydrogen-bond donors (Lipinski definition) is 0. The van der Waals surface area contributed by atoms with E-state index in [0.717, 1.165) is 12.5 Å². The second kappa shape index (κ2) is 3.97. The van der Waals surface area contributed by atoms with Gasteiger partial charge >= 0.3 is 0 Å². The fourth-order valence-corrected chi connectivity index (χ4v) is 0.728. The van der Waals surface area contributed by atoms with Gasteiger partial charge < -0.3 is 4.74 Å². The van der Waals surface area contributed by atoms with Crippen molar-refractivity contribution in [2.45, 2.75) is 34.1 Å². The molecule has 0 fully saturated rings. The van der Waals surface area contributed by atoms with Crippen molar-refractivity contribution in [3.8, 4) is 0 Å². The molecule has 0 aliphatic heterocycles. The smallest absolute Gasteiger partial charge is 0.0465 e. The molecule has 0 aromatic carbocycles. The topological polar surface area (TPSA) is 9.23 Å². The highest BCUT2D eigenvalue weighted by atomic mass is 16.5. The van der Waals surface area contributed by atoms with Crippen LogP contribution >= 0.6 is 0 Å². The Labute approximate surface area is 64.8 Å². The molecule has 0 rings (SSSR count). The first-order valence-corrected chi connectivity index (χ1v) is 3.97. The van der Waals surface area contributed by atoms with Crippen molar-refractivity contribution in [1.29, 1.82) is 0 Å². The van der Waals surface area contributed by atoms with Crippen LogP contribution in [0.25, 0.3) is 0 Å². The number of ether oxygens (including phenoxy) is 1. The van der Waals surface area contributed by atoms with E-state index >= 15 is 0 Å². The van der Waals surface area contributed by atoms with Crippen molar-refractivity contribution >= 4 is 0 Å². The Hall–Kier alpha value is -0.0400. The van der Waals surface area contributed by atoms with Crippen LogP contribution in [0, 0.1) is 11.3 Å². The summed E-state index contributed by atoms with van der Waals surface area (Å²) in [5.41, 5.74) is 0.429. The van der Waals surface area contributed by atoms with E-state index in [0.29, 0.717) is 5.41 Å². The lowest BCUT2D eigenvalue weighted by atomic mass is 9.80. The van der Waals surface area contributed by atoms with E-state index in [2.05, 4.69) is 27.7 Å². The van der Waals surface area contributed by atoms with Gasteiger partial charge in [-0.05, 0) is 17.8 Å². The molecule has 0 aliphatic carbocycles. The van der Waals surface area contributed by atoms with Crippen molar-refractivity contribution < 1.29 is 4.74 Å². The molecule has 0 N–H and O–H groups in total. The Bertz CT molecular complexity index is 81.2. The summed E-state index contributed by atoms with van der Waals surface area (Å²) in [4.78, 5) is 0. The van der Waals surface area contributed by atoms with E-state index in [4.69, 9.17) is 4.74 Å². The van der Waals surface area contributed by atoms with Crippen LogP contribution in [0.2, 0.25) is 0 Å². The quantitative estimate of drug-likeness (QED) is 0.591. The first-order chi connectivity index (χ1) is 4.48. The minimum absolute atomic E-state index is 0.429. The highest BCUT2D eigenvalue weighted by molar-refractivity contribution is 4.69. The second-order valence-electron chi connectivity index (χ2n) is 4.05. The van der Waals surface area contributed by atoms with Gasteiger partial charge in [0.15, 0.2) is 0 Å². The monoisotopic (exact) mass is 144 g/mol. The van der Waals surface area contributed by atoms with Gasteiger partial charge in [0, 0.05) is 13.7 Å². The molecule has 0 heterocycles. The molecular weight excluding hydrogens is 124 g/mol. The van der Waals surface area contributed by atoms with E-state index < -0.39 is 0 Å². The molecule has 0 amide bonds. The molecule has 1 unspecified atom stereocenters. The molecule has 0 aromatic heterocycles. The lowest BCUT2D eigenvalue weighted by molar-refractivity contribution is 0.145. The zero-order valence-electron chi connectivity index (χ0n) is 7.90. The minimum atomic E-state index is 0.429. The third kappa shape index (κ3) is 3.89. The second-order valence-corrected chi connectivity index (χ2v) is 4.05. The summed E-state index contributed by atoms with van der Waals surface area (Å²) >= 11 is 0. The van der Waals surface area contributed by atoms with Crippen molar-refractivity contribution in [1.82, 2.24) is 0 Å². The molecule has 0 aliphatic rings. The van der Waals surface area contributed by atoms with Crippen LogP contribution in [0.15, 0.2) is 0 Å². The zero-order valence-corrected chi connectivity index (χ0v) is 7.90. The van der Waals surface area contributed by atoms with E-state index in [1.807, 2.05) is 0 Å². The molecule has 1 heteroatoms. The van der Waals surface area contributed by atoms with Crippen LogP contribution in [-0.2, 0) is 4.74 Å². The van der Waals surface area contributed by atoms with E-state index in [9.17, 15) is 0 Å². The number of rotatable bonds is 3. The van der Waals surface area contributed by atoms with Gasteiger partial charge in [0.25, 0.3) is 0 Å². The molecule has 10 heavy (non-hydrogen) atoms. The molecule has 1 atom stereocenters. The summed E-state index contributed by atoms with van der Waals surface area (Å²) in [7, 11) is 1.76. The van der Waals surface area contributed by atoms with Crippen LogP contribution in [0.4, 0.5) is 0 Å². The fraction of sp³-hybridized carbons (Fsp3) is 1.00. The predicted molar refractivity (Wildman–Crippen MR) is 45.1 cm³/mol. The first kappa shape index (κ1) is 9.96. The van der Waals surface area contributed by atoms with Crippen molar-refractivity contribution in [2.24, 2.45) is 11.3 Å². The molecule has 0 bridgehead atoms. The Balaban J connectivity index is 3.52. The molecular formula is C9H20O. The summed E-state index contributed by atoms with van der Waals surface area (Å²) in [6.45, 7) is 9.98. The Morgan fingerprint density at radius 3 is 2.10 bits per heavy atom. The number of hydrogen-bond acceptors (Lipinski definition) is 1. The van der Waals surface area contributed by atoms with Crippen molar-refractivity contribution in [2.75, 3.05) is 13.7 Å². The van der Waals surface area contributed by atoms with Gasteiger partial charge in [-0.1, -0.05) is 27.7 Å². The van der Waals surface area contributed by atoms with Crippen LogP contribution < -0.4 is 0 Å². The summed E-state index contributed by atoms with van der Waals surface area (Å²) in [5.74, 6) is 0.743. The maximum absolute atomic E-state index is 5.01. The normalized spacial score (nSPS) is 15.3. The largest absolute Gasteiger partial charge is 0.385 e. The van der Waals surface area contributed by atoms with Crippen LogP contribution in [-0.4, -0.2) is 13.7 Å². The van der Waals surface area contributed by atoms with Crippen LogP contribution in [0.5, 0.6) is 0 Å². The Kier molecular flexibility index (Phi) is 3.95. The molecule has 0 spiro atoms. The summed E-state index contributed by atoms with van der Waals surface area (Å²) in [6, 6.07) is 0. The van der Waals surface area contributed by atoms with Gasteiger partial charge in [0.1, 0.15) is 0 Å². The van der Waals surface area contributed by atoms with Gasteiger partial charge in [0.05, 0.1) is 0 Å². The minimum Gasteiger partial charge on any atom is -0.385 e. The van der Waals surface area contributed by atoms with Gasteiger partial charge in [-0.25, -0.2) is 0 Å². The molecule has 0 saturated heterocycles. The number of methoxy groups -OCH3 is 1. The average molecular weight is 144 g/mol. The Morgan fingerprint density at radius 1 is 1.30 bits per heavy atom. The first-order valence-electron chi connectivity index (χ1n) is 3.97. The highest BCUT2D eigenvalue weighted by Crippen LogP contribution is 2.27. The summed E-state index contributed by atoms with van der Waals surface area (Å²) in [6.07, 6.45) is 1.17. The molecule has 0 aromatic rings. The van der Waals surface area contributed by atoms with E-state index in [-0.39, 0.29) is 0 Å². The molecule has 62 valence electrons. The van der Waals surface area contributed by atoms with Gasteiger partial charge in [-0.2, -0.15) is 0 Å². The van der Waals surface area contributed by atoms with Crippen molar-refractivity contribution in [3.05, 3.63) is 0 Å². The predicted octanol–water partition coefficient (Wildman–Crippen LogP) is 2.71. The highest BCUT2D eigenvalue weighted by Gasteiger charge is 2.18. The van der Waals surface area contributed by atoms with E-state index in [1.165, 1.54) is 6.42 Å². The van der Waals surface area contributed by atoms with Crippen molar-refractivity contribution in [3.63, 3.8) is 0 Å². The summed E-state index contributed by atoms with van der Waals surface area (Å²) in [5, 5.41) is 0. The lowest BCUT2D eigenvalue weighted by Gasteiger charge is -2.26. The van der Waals surface area contributed by atoms with Crippen LogP contribution in [0.1, 0.15) is 34.1 Å². The van der Waals surface area contributed by atoms with E-state index in [1.54, 1.807) is 7.11 Å². The van der Waals surface area contributed by atoms with Crippen LogP contribution in [0.3, 0.4) is 0 Å². The van der Waals surface area contributed by atoms with Gasteiger partial charge in [-0.15, -0.1) is 0 Å². The third-order valence-corrected chi connectivity index (χ3v) is 2.23. The average Bonchev–Trinajstić information content (AvgIpc) is 1.80. The maximum Gasteiger partial charge on any atom is 0.0465 e. The van der Waals surface area contributed by atoms with Gasteiger partial charge in [0.2, 0.25) is 0 Å². The maximum atomic E-state index is 5.01. The lowest BCUT2D eigenvalue weighted by Crippen LogP contribution is -2.18. The fourth-order valence-electron chi connectivity index (χ4n) is 0.728. The molecule has 0 radical (unpaired) electrons. The van der Waals surface area contributed by atoms with Gasteiger partial charge in [-0.3, -0.25) is 0 Å². The third-order valence-electron chi connectivity index (χ3n) is 2.23. The zero-order chi connectivity index (χ0) is 8.20. The Morgan fingerprint density at radius 2 is 1.80 bits per heavy atom.